The molecule has 0 fully saturated rings. The summed E-state index contributed by atoms with van der Waals surface area (Å²) in [6, 6.07) is 5.54. The van der Waals surface area contributed by atoms with Crippen molar-refractivity contribution in [3.05, 3.63) is 36.4 Å². The molecule has 0 saturated heterocycles. The van der Waals surface area contributed by atoms with Gasteiger partial charge in [0.15, 0.2) is 0 Å². The lowest BCUT2D eigenvalue weighted by molar-refractivity contribution is -0.122. The van der Waals surface area contributed by atoms with Crippen LogP contribution in [0.5, 0.6) is 0 Å². The van der Waals surface area contributed by atoms with Gasteiger partial charge in [-0.2, -0.15) is 5.10 Å². The van der Waals surface area contributed by atoms with Crippen LogP contribution < -0.4 is 11.1 Å². The van der Waals surface area contributed by atoms with Crippen LogP contribution in [0.4, 0.5) is 5.82 Å². The molecule has 0 radical (unpaired) electrons. The fourth-order valence-corrected chi connectivity index (χ4v) is 1.82. The highest BCUT2D eigenvalue weighted by molar-refractivity contribution is 5.75. The molecule has 2 heterocycles. The van der Waals surface area contributed by atoms with E-state index in [9.17, 15) is 4.79 Å². The third-order valence-electron chi connectivity index (χ3n) is 2.78. The summed E-state index contributed by atoms with van der Waals surface area (Å²) in [5, 5.41) is 6.88. The van der Waals surface area contributed by atoms with Crippen molar-refractivity contribution in [2.24, 2.45) is 0 Å². The van der Waals surface area contributed by atoms with E-state index in [4.69, 9.17) is 10.2 Å². The quantitative estimate of drug-likeness (QED) is 0.819. The maximum atomic E-state index is 11.8. The molecule has 2 aromatic rings. The molecule has 6 heteroatoms. The Morgan fingerprint density at radius 2 is 2.42 bits per heavy atom. The molecule has 0 aliphatic heterocycles. The zero-order valence-corrected chi connectivity index (χ0v) is 10.9. The fraction of sp³-hybridized carbons (Fsp3) is 0.385. The Balaban J connectivity index is 1.72. The van der Waals surface area contributed by atoms with Gasteiger partial charge in [-0.15, -0.1) is 0 Å². The van der Waals surface area contributed by atoms with Crippen molar-refractivity contribution in [1.82, 2.24) is 15.1 Å². The molecule has 19 heavy (non-hydrogen) atoms. The average Bonchev–Trinajstić information content (AvgIpc) is 2.98. The number of rotatable bonds is 6. The second-order valence-electron chi connectivity index (χ2n) is 4.52. The van der Waals surface area contributed by atoms with Gasteiger partial charge in [-0.3, -0.25) is 9.48 Å². The van der Waals surface area contributed by atoms with Crippen LogP contribution in [-0.4, -0.2) is 21.7 Å². The van der Waals surface area contributed by atoms with Crippen molar-refractivity contribution in [2.45, 2.75) is 32.4 Å². The highest BCUT2D eigenvalue weighted by Gasteiger charge is 2.09. The van der Waals surface area contributed by atoms with E-state index in [1.54, 1.807) is 18.5 Å². The first kappa shape index (κ1) is 13.2. The van der Waals surface area contributed by atoms with E-state index in [-0.39, 0.29) is 18.5 Å². The largest absolute Gasteiger partial charge is 0.469 e. The van der Waals surface area contributed by atoms with Crippen LogP contribution in [0.3, 0.4) is 0 Å². The van der Waals surface area contributed by atoms with E-state index in [1.807, 2.05) is 19.1 Å². The number of nitrogens with zero attached hydrogens (tertiary/aromatic N) is 2. The van der Waals surface area contributed by atoms with E-state index >= 15 is 0 Å². The number of hydrogen-bond acceptors (Lipinski definition) is 4. The van der Waals surface area contributed by atoms with Crippen molar-refractivity contribution in [3.8, 4) is 0 Å². The average molecular weight is 262 g/mol. The first-order chi connectivity index (χ1) is 9.13. The van der Waals surface area contributed by atoms with Crippen LogP contribution in [-0.2, 0) is 17.8 Å². The van der Waals surface area contributed by atoms with E-state index in [0.717, 1.165) is 18.6 Å². The number of amides is 1. The number of anilines is 1. The zero-order valence-electron chi connectivity index (χ0n) is 10.9. The lowest BCUT2D eigenvalue weighted by Gasteiger charge is -2.13. The van der Waals surface area contributed by atoms with Crippen LogP contribution in [0.1, 0.15) is 19.1 Å². The summed E-state index contributed by atoms with van der Waals surface area (Å²) in [7, 11) is 0. The number of nitrogens with one attached hydrogen (secondary N) is 1. The second-order valence-corrected chi connectivity index (χ2v) is 4.52. The van der Waals surface area contributed by atoms with Crippen LogP contribution in [0, 0.1) is 0 Å². The maximum Gasteiger partial charge on any atom is 0.241 e. The molecule has 1 amide bonds. The number of hydrogen-bond donors (Lipinski definition) is 2. The Labute approximate surface area is 111 Å². The SMILES string of the molecule is CC(CCc1ccco1)NC(=O)Cn1ccc(N)n1. The van der Waals surface area contributed by atoms with Crippen molar-refractivity contribution in [1.29, 1.82) is 0 Å². The Hall–Kier alpha value is -2.24. The van der Waals surface area contributed by atoms with Gasteiger partial charge in [0.05, 0.1) is 6.26 Å². The molecular formula is C13H18N4O2. The van der Waals surface area contributed by atoms with Crippen LogP contribution in [0.15, 0.2) is 35.1 Å². The first-order valence-electron chi connectivity index (χ1n) is 6.24. The van der Waals surface area contributed by atoms with Gasteiger partial charge in [-0.25, -0.2) is 0 Å². The number of carbonyl (C=O) groups is 1. The second kappa shape index (κ2) is 6.08. The highest BCUT2D eigenvalue weighted by atomic mass is 16.3. The lowest BCUT2D eigenvalue weighted by Crippen LogP contribution is -2.35. The zero-order chi connectivity index (χ0) is 13.7. The molecule has 0 bridgehead atoms. The van der Waals surface area contributed by atoms with Crippen LogP contribution >= 0.6 is 0 Å². The molecule has 0 aromatic carbocycles. The Kier molecular flexibility index (Phi) is 4.22. The summed E-state index contributed by atoms with van der Waals surface area (Å²) in [5.74, 6) is 1.27. The molecule has 3 N–H and O–H groups in total. The van der Waals surface area contributed by atoms with Gasteiger partial charge in [0.25, 0.3) is 0 Å². The van der Waals surface area contributed by atoms with Gasteiger partial charge in [-0.1, -0.05) is 0 Å². The Morgan fingerprint density at radius 3 is 3.05 bits per heavy atom. The molecule has 0 aliphatic rings. The van der Waals surface area contributed by atoms with Gasteiger partial charge in [0.2, 0.25) is 5.91 Å². The number of nitrogen functional groups attached to an aromatic ring is 1. The van der Waals surface area contributed by atoms with E-state index in [2.05, 4.69) is 10.4 Å². The third-order valence-corrected chi connectivity index (χ3v) is 2.78. The number of furan rings is 1. The van der Waals surface area contributed by atoms with Gasteiger partial charge < -0.3 is 15.5 Å². The minimum absolute atomic E-state index is 0.0740. The number of aryl methyl sites for hydroxylation is 1. The summed E-state index contributed by atoms with van der Waals surface area (Å²) in [6.07, 6.45) is 4.98. The standard InChI is InChI=1S/C13H18N4O2/c1-10(4-5-11-3-2-8-19-11)15-13(18)9-17-7-6-12(14)16-17/h2-3,6-8,10H,4-5,9H2,1H3,(H2,14,16)(H,15,18). The van der Waals surface area contributed by atoms with Crippen LogP contribution in [0.2, 0.25) is 0 Å². The smallest absolute Gasteiger partial charge is 0.241 e. The molecule has 102 valence electrons. The summed E-state index contributed by atoms with van der Waals surface area (Å²) in [5.41, 5.74) is 5.48. The van der Waals surface area contributed by atoms with Crippen molar-refractivity contribution in [3.63, 3.8) is 0 Å². The summed E-state index contributed by atoms with van der Waals surface area (Å²) < 4.78 is 6.76. The minimum Gasteiger partial charge on any atom is -0.469 e. The molecule has 0 saturated carbocycles. The minimum atomic E-state index is -0.0740. The fourth-order valence-electron chi connectivity index (χ4n) is 1.82. The topological polar surface area (TPSA) is 86.1 Å². The molecule has 2 aromatic heterocycles. The molecule has 2 rings (SSSR count). The van der Waals surface area contributed by atoms with Crippen molar-refractivity contribution < 1.29 is 9.21 Å². The monoisotopic (exact) mass is 262 g/mol. The molecule has 0 aliphatic carbocycles. The molecule has 1 unspecified atom stereocenters. The van der Waals surface area contributed by atoms with E-state index in [1.165, 1.54) is 4.68 Å². The predicted molar refractivity (Wildman–Crippen MR) is 71.3 cm³/mol. The molecule has 0 spiro atoms. The van der Waals surface area contributed by atoms with Crippen molar-refractivity contribution >= 4 is 11.7 Å². The molecule has 1 atom stereocenters. The van der Waals surface area contributed by atoms with Gasteiger partial charge in [-0.05, 0) is 31.5 Å². The predicted octanol–water partition coefficient (Wildman–Crippen LogP) is 1.20. The first-order valence-corrected chi connectivity index (χ1v) is 6.24. The van der Waals surface area contributed by atoms with Crippen LogP contribution in [0.25, 0.3) is 0 Å². The molecular weight excluding hydrogens is 244 g/mol. The van der Waals surface area contributed by atoms with E-state index < -0.39 is 0 Å². The third kappa shape index (κ3) is 4.17. The summed E-state index contributed by atoms with van der Waals surface area (Å²) >= 11 is 0. The lowest BCUT2D eigenvalue weighted by atomic mass is 10.1. The Morgan fingerprint density at radius 1 is 1.58 bits per heavy atom. The molecule has 6 nitrogen and oxygen atoms in total. The van der Waals surface area contributed by atoms with Gasteiger partial charge in [0, 0.05) is 18.7 Å². The van der Waals surface area contributed by atoms with Crippen molar-refractivity contribution in [2.75, 3.05) is 5.73 Å². The Bertz CT molecular complexity index is 518. The van der Waals surface area contributed by atoms with Gasteiger partial charge >= 0.3 is 0 Å². The maximum absolute atomic E-state index is 11.8. The number of nitrogens with two attached hydrogens (primary N) is 1. The summed E-state index contributed by atoms with van der Waals surface area (Å²) in [4.78, 5) is 11.8. The van der Waals surface area contributed by atoms with Gasteiger partial charge in [0.1, 0.15) is 18.1 Å². The number of aromatic nitrogens is 2. The highest BCUT2D eigenvalue weighted by Crippen LogP contribution is 2.05. The normalized spacial score (nSPS) is 12.3. The summed E-state index contributed by atoms with van der Waals surface area (Å²) in [6.45, 7) is 2.15. The van der Waals surface area contributed by atoms with E-state index in [0.29, 0.717) is 5.82 Å². The number of carbonyl (C=O) groups excluding carboxylic acids is 1.